The monoisotopic (exact) mass is 324 g/mol. The number of nitrogens with two attached hydrogens (primary N) is 1. The maximum Gasteiger partial charge on any atom is 0.253 e. The van der Waals surface area contributed by atoms with Crippen molar-refractivity contribution in [2.24, 2.45) is 5.73 Å². The predicted octanol–water partition coefficient (Wildman–Crippen LogP) is 3.31. The van der Waals surface area contributed by atoms with Gasteiger partial charge < -0.3 is 10.6 Å². The number of rotatable bonds is 4. The van der Waals surface area contributed by atoms with Gasteiger partial charge in [0.25, 0.3) is 5.91 Å². The maximum atomic E-state index is 12.3. The first kappa shape index (κ1) is 15.0. The molecule has 2 N–H and O–H groups in total. The Bertz CT molecular complexity index is 637. The molecular formula is C14H13ClN2OS2. The summed E-state index contributed by atoms with van der Waals surface area (Å²) in [6.45, 7) is 0.535. The average molecular weight is 325 g/mol. The van der Waals surface area contributed by atoms with Crippen LogP contribution in [-0.2, 0) is 6.54 Å². The Morgan fingerprint density at radius 3 is 2.35 bits per heavy atom. The molecular weight excluding hydrogens is 312 g/mol. The third kappa shape index (κ3) is 3.56. The lowest BCUT2D eigenvalue weighted by molar-refractivity contribution is 0.0786. The fourth-order valence-corrected chi connectivity index (χ4v) is 3.02. The Labute approximate surface area is 132 Å². The molecule has 1 aromatic carbocycles. The summed E-state index contributed by atoms with van der Waals surface area (Å²) in [6.07, 6.45) is 0. The van der Waals surface area contributed by atoms with Crippen LogP contribution in [0.1, 0.15) is 20.8 Å². The van der Waals surface area contributed by atoms with Gasteiger partial charge in [-0.15, -0.1) is 11.3 Å². The van der Waals surface area contributed by atoms with Crippen molar-refractivity contribution in [3.05, 3.63) is 56.7 Å². The van der Waals surface area contributed by atoms with Crippen LogP contribution in [0.4, 0.5) is 0 Å². The molecule has 0 saturated carbocycles. The van der Waals surface area contributed by atoms with Crippen molar-refractivity contribution in [3.8, 4) is 0 Å². The number of thiophene rings is 1. The van der Waals surface area contributed by atoms with E-state index in [4.69, 9.17) is 29.6 Å². The van der Waals surface area contributed by atoms with E-state index in [1.807, 2.05) is 12.1 Å². The highest BCUT2D eigenvalue weighted by atomic mass is 35.5. The molecule has 0 bridgehead atoms. The zero-order valence-electron chi connectivity index (χ0n) is 10.8. The van der Waals surface area contributed by atoms with Crippen molar-refractivity contribution in [1.82, 2.24) is 4.90 Å². The number of halogens is 1. The van der Waals surface area contributed by atoms with Gasteiger partial charge in [-0.1, -0.05) is 36.0 Å². The molecule has 20 heavy (non-hydrogen) atoms. The zero-order valence-corrected chi connectivity index (χ0v) is 13.2. The Hall–Kier alpha value is -1.43. The number of benzene rings is 1. The van der Waals surface area contributed by atoms with E-state index >= 15 is 0 Å². The molecule has 0 aliphatic carbocycles. The molecule has 1 heterocycles. The number of amides is 1. The van der Waals surface area contributed by atoms with Crippen LogP contribution >= 0.6 is 35.2 Å². The molecule has 0 radical (unpaired) electrons. The number of hydrogen-bond acceptors (Lipinski definition) is 3. The molecule has 6 heteroatoms. The number of carbonyl (C=O) groups excluding carboxylic acids is 1. The molecule has 1 aromatic heterocycles. The summed E-state index contributed by atoms with van der Waals surface area (Å²) < 4.78 is 0.724. The van der Waals surface area contributed by atoms with Crippen LogP contribution in [0.25, 0.3) is 0 Å². The van der Waals surface area contributed by atoms with E-state index in [1.54, 1.807) is 36.2 Å². The van der Waals surface area contributed by atoms with E-state index in [2.05, 4.69) is 0 Å². The lowest BCUT2D eigenvalue weighted by Gasteiger charge is -2.16. The summed E-state index contributed by atoms with van der Waals surface area (Å²) in [5, 5.41) is 0. The number of carbonyl (C=O) groups is 1. The molecule has 0 aliphatic rings. The third-order valence-electron chi connectivity index (χ3n) is 2.78. The molecule has 0 saturated heterocycles. The van der Waals surface area contributed by atoms with Gasteiger partial charge >= 0.3 is 0 Å². The van der Waals surface area contributed by atoms with Crippen molar-refractivity contribution in [2.45, 2.75) is 6.54 Å². The van der Waals surface area contributed by atoms with Gasteiger partial charge in [-0.3, -0.25) is 4.79 Å². The summed E-state index contributed by atoms with van der Waals surface area (Å²) in [5.74, 6) is -0.0518. The maximum absolute atomic E-state index is 12.3. The van der Waals surface area contributed by atoms with Crippen LogP contribution in [0.15, 0.2) is 36.4 Å². The van der Waals surface area contributed by atoms with E-state index in [1.165, 1.54) is 11.3 Å². The van der Waals surface area contributed by atoms with E-state index in [0.29, 0.717) is 17.1 Å². The Kier molecular flexibility index (Phi) is 4.75. The topological polar surface area (TPSA) is 46.3 Å². The highest BCUT2D eigenvalue weighted by Crippen LogP contribution is 2.22. The largest absolute Gasteiger partial charge is 0.389 e. The molecule has 0 atom stereocenters. The lowest BCUT2D eigenvalue weighted by Crippen LogP contribution is -2.25. The van der Waals surface area contributed by atoms with Gasteiger partial charge in [-0.05, 0) is 24.3 Å². The first-order valence-electron chi connectivity index (χ1n) is 5.87. The minimum atomic E-state index is -0.0518. The predicted molar refractivity (Wildman–Crippen MR) is 87.5 cm³/mol. The Morgan fingerprint density at radius 2 is 1.85 bits per heavy atom. The lowest BCUT2D eigenvalue weighted by atomic mass is 10.1. The molecule has 104 valence electrons. The second-order valence-corrected chi connectivity index (χ2v) is 6.55. The number of hydrogen-bond donors (Lipinski definition) is 1. The second-order valence-electron chi connectivity index (χ2n) is 4.31. The van der Waals surface area contributed by atoms with Crippen molar-refractivity contribution in [1.29, 1.82) is 0 Å². The second kappa shape index (κ2) is 6.35. The van der Waals surface area contributed by atoms with Crippen molar-refractivity contribution >= 4 is 46.1 Å². The van der Waals surface area contributed by atoms with Crippen LogP contribution in [0.5, 0.6) is 0 Å². The molecule has 0 spiro atoms. The van der Waals surface area contributed by atoms with Crippen LogP contribution in [0.3, 0.4) is 0 Å². The number of nitrogens with zero attached hydrogens (tertiary/aromatic N) is 1. The van der Waals surface area contributed by atoms with Gasteiger partial charge in [0, 0.05) is 23.1 Å². The van der Waals surface area contributed by atoms with E-state index in [-0.39, 0.29) is 5.91 Å². The van der Waals surface area contributed by atoms with Crippen molar-refractivity contribution in [2.75, 3.05) is 7.05 Å². The van der Waals surface area contributed by atoms with Crippen LogP contribution in [0.2, 0.25) is 4.34 Å². The first-order valence-corrected chi connectivity index (χ1v) is 7.47. The molecule has 1 amide bonds. The molecule has 0 fully saturated rings. The normalized spacial score (nSPS) is 10.3. The van der Waals surface area contributed by atoms with Gasteiger partial charge in [-0.25, -0.2) is 0 Å². The van der Waals surface area contributed by atoms with E-state index in [0.717, 1.165) is 14.8 Å². The van der Waals surface area contributed by atoms with Gasteiger partial charge in [0.2, 0.25) is 0 Å². The van der Waals surface area contributed by atoms with Crippen LogP contribution in [-0.4, -0.2) is 22.8 Å². The van der Waals surface area contributed by atoms with Crippen LogP contribution < -0.4 is 5.73 Å². The number of thiocarbonyl (C=S) groups is 1. The summed E-state index contributed by atoms with van der Waals surface area (Å²) in [6, 6.07) is 10.7. The minimum absolute atomic E-state index is 0.0518. The van der Waals surface area contributed by atoms with Gasteiger partial charge in [-0.2, -0.15) is 0 Å². The van der Waals surface area contributed by atoms with E-state index < -0.39 is 0 Å². The zero-order chi connectivity index (χ0) is 14.7. The summed E-state index contributed by atoms with van der Waals surface area (Å²) >= 11 is 12.2. The van der Waals surface area contributed by atoms with Gasteiger partial charge in [0.1, 0.15) is 4.99 Å². The van der Waals surface area contributed by atoms with E-state index in [9.17, 15) is 4.79 Å². The molecule has 0 unspecified atom stereocenters. The molecule has 3 nitrogen and oxygen atoms in total. The quantitative estimate of drug-likeness (QED) is 0.878. The van der Waals surface area contributed by atoms with Gasteiger partial charge in [0.15, 0.2) is 0 Å². The molecule has 2 rings (SSSR count). The minimum Gasteiger partial charge on any atom is -0.389 e. The summed E-state index contributed by atoms with van der Waals surface area (Å²) in [7, 11) is 1.76. The van der Waals surface area contributed by atoms with Crippen molar-refractivity contribution < 1.29 is 4.79 Å². The van der Waals surface area contributed by atoms with Gasteiger partial charge in [0.05, 0.1) is 10.9 Å². The fourth-order valence-electron chi connectivity index (χ4n) is 1.74. The van der Waals surface area contributed by atoms with Crippen molar-refractivity contribution in [3.63, 3.8) is 0 Å². The highest BCUT2D eigenvalue weighted by Gasteiger charge is 2.13. The first-order chi connectivity index (χ1) is 9.47. The summed E-state index contributed by atoms with van der Waals surface area (Å²) in [5.41, 5.74) is 6.89. The summed E-state index contributed by atoms with van der Waals surface area (Å²) in [4.78, 5) is 15.3. The average Bonchev–Trinajstić information content (AvgIpc) is 2.83. The SMILES string of the molecule is CN(Cc1ccc(Cl)s1)C(=O)c1ccc(C(N)=S)cc1. The molecule has 0 aliphatic heterocycles. The Morgan fingerprint density at radius 1 is 1.25 bits per heavy atom. The standard InChI is InChI=1S/C14H13ClN2OS2/c1-17(8-11-6-7-12(15)20-11)14(18)10-4-2-9(3-5-10)13(16)19/h2-7H,8H2,1H3,(H2,16,19). The third-order valence-corrected chi connectivity index (χ3v) is 4.24. The molecule has 2 aromatic rings. The fraction of sp³-hybridized carbons (Fsp3) is 0.143. The highest BCUT2D eigenvalue weighted by molar-refractivity contribution is 7.80. The smallest absolute Gasteiger partial charge is 0.253 e. The Balaban J connectivity index is 2.08. The van der Waals surface area contributed by atoms with Crippen LogP contribution in [0, 0.1) is 0 Å².